The van der Waals surface area contributed by atoms with E-state index in [2.05, 4.69) is 10.3 Å². The van der Waals surface area contributed by atoms with Crippen LogP contribution in [0.5, 0.6) is 0 Å². The average molecular weight is 288 g/mol. The summed E-state index contributed by atoms with van der Waals surface area (Å²) in [7, 11) is 1.73. The highest BCUT2D eigenvalue weighted by atomic mass is 16.6. The number of hydrogen-bond acceptors (Lipinski definition) is 5. The Morgan fingerprint density at radius 1 is 1.33 bits per heavy atom. The fraction of sp³-hybridized carbons (Fsp3) is 0.286. The number of nitrogens with zero attached hydrogens (tertiary/aromatic N) is 3. The Hall–Kier alpha value is -2.70. The summed E-state index contributed by atoms with van der Waals surface area (Å²) in [6.07, 6.45) is 0. The van der Waals surface area contributed by atoms with E-state index in [-0.39, 0.29) is 17.9 Å². The molecule has 0 aliphatic heterocycles. The number of hydrogen-bond donors (Lipinski definition) is 1. The molecule has 7 heteroatoms. The molecule has 21 heavy (non-hydrogen) atoms. The molecule has 110 valence electrons. The van der Waals surface area contributed by atoms with Gasteiger partial charge in [-0.25, -0.2) is 4.79 Å². The number of nitro benzene ring substituents is 1. The Bertz CT molecular complexity index is 752. The largest absolute Gasteiger partial charge is 0.388 e. The molecule has 0 atom stereocenters. The predicted octanol–water partition coefficient (Wildman–Crippen LogP) is 1.86. The average Bonchev–Trinajstić information content (AvgIpc) is 2.42. The lowest BCUT2D eigenvalue weighted by molar-refractivity contribution is -0.384. The van der Waals surface area contributed by atoms with Gasteiger partial charge in [-0.2, -0.15) is 4.98 Å². The molecule has 0 aliphatic rings. The molecule has 0 saturated heterocycles. The third kappa shape index (κ3) is 3.07. The lowest BCUT2D eigenvalue weighted by Crippen LogP contribution is -2.26. The van der Waals surface area contributed by atoms with E-state index in [1.165, 1.54) is 16.7 Å². The van der Waals surface area contributed by atoms with Gasteiger partial charge in [0.15, 0.2) is 0 Å². The first-order valence-electron chi connectivity index (χ1n) is 6.42. The van der Waals surface area contributed by atoms with Crippen LogP contribution in [-0.4, -0.2) is 21.5 Å². The van der Waals surface area contributed by atoms with Crippen LogP contribution in [0, 0.1) is 24.0 Å². The lowest BCUT2D eigenvalue weighted by Gasteiger charge is -2.13. The van der Waals surface area contributed by atoms with Crippen molar-refractivity contribution in [2.75, 3.05) is 12.4 Å². The maximum atomic E-state index is 12.0. The summed E-state index contributed by atoms with van der Waals surface area (Å²) >= 11 is 0. The zero-order chi connectivity index (χ0) is 15.6. The van der Waals surface area contributed by atoms with Crippen molar-refractivity contribution in [1.82, 2.24) is 9.55 Å². The SMILES string of the molecule is CNc1ccc([N+](=O)[O-])cc1Cn1c(C)cc(C)nc1=O. The summed E-state index contributed by atoms with van der Waals surface area (Å²) in [5, 5.41) is 13.9. The second-order valence-corrected chi connectivity index (χ2v) is 4.76. The summed E-state index contributed by atoms with van der Waals surface area (Å²) in [4.78, 5) is 26.3. The van der Waals surface area contributed by atoms with Gasteiger partial charge in [-0.1, -0.05) is 0 Å². The van der Waals surface area contributed by atoms with Crippen molar-refractivity contribution in [3.05, 3.63) is 61.8 Å². The van der Waals surface area contributed by atoms with Gasteiger partial charge in [0.2, 0.25) is 0 Å². The molecule has 1 N–H and O–H groups in total. The van der Waals surface area contributed by atoms with Crippen molar-refractivity contribution in [3.63, 3.8) is 0 Å². The van der Waals surface area contributed by atoms with E-state index in [0.29, 0.717) is 11.3 Å². The van der Waals surface area contributed by atoms with Gasteiger partial charge in [0.05, 0.1) is 11.5 Å². The summed E-state index contributed by atoms with van der Waals surface area (Å²) in [5.41, 5.74) is 2.47. The molecule has 1 heterocycles. The zero-order valence-electron chi connectivity index (χ0n) is 12.1. The highest BCUT2D eigenvalue weighted by Gasteiger charge is 2.12. The number of benzene rings is 1. The number of anilines is 1. The zero-order valence-corrected chi connectivity index (χ0v) is 12.1. The third-order valence-electron chi connectivity index (χ3n) is 3.24. The second-order valence-electron chi connectivity index (χ2n) is 4.76. The molecule has 1 aromatic heterocycles. The van der Waals surface area contributed by atoms with Crippen molar-refractivity contribution >= 4 is 11.4 Å². The topological polar surface area (TPSA) is 90.1 Å². The van der Waals surface area contributed by atoms with Gasteiger partial charge in [0.1, 0.15) is 0 Å². The monoisotopic (exact) mass is 288 g/mol. The number of aryl methyl sites for hydroxylation is 2. The van der Waals surface area contributed by atoms with Gasteiger partial charge in [-0.3, -0.25) is 14.7 Å². The van der Waals surface area contributed by atoms with E-state index in [9.17, 15) is 14.9 Å². The molecule has 2 aromatic rings. The van der Waals surface area contributed by atoms with Crippen LogP contribution < -0.4 is 11.0 Å². The lowest BCUT2D eigenvalue weighted by atomic mass is 10.1. The standard InChI is InChI=1S/C14H16N4O3/c1-9-6-10(2)17(14(19)16-9)8-11-7-12(18(20)21)4-5-13(11)15-3/h4-7,15H,8H2,1-3H3. The number of aromatic nitrogens is 2. The number of non-ortho nitro benzene ring substituents is 1. The van der Waals surface area contributed by atoms with Crippen LogP contribution >= 0.6 is 0 Å². The summed E-state index contributed by atoms with van der Waals surface area (Å²) in [6, 6.07) is 6.34. The van der Waals surface area contributed by atoms with Crippen molar-refractivity contribution in [2.45, 2.75) is 20.4 Å². The molecular weight excluding hydrogens is 272 g/mol. The quantitative estimate of drug-likeness (QED) is 0.685. The maximum Gasteiger partial charge on any atom is 0.348 e. The summed E-state index contributed by atoms with van der Waals surface area (Å²) < 4.78 is 1.49. The minimum Gasteiger partial charge on any atom is -0.388 e. The molecule has 0 fully saturated rings. The molecule has 1 aromatic carbocycles. The van der Waals surface area contributed by atoms with Crippen LogP contribution in [0.1, 0.15) is 17.0 Å². The molecule has 0 spiro atoms. The molecule has 0 aliphatic carbocycles. The molecule has 7 nitrogen and oxygen atoms in total. The van der Waals surface area contributed by atoms with E-state index >= 15 is 0 Å². The normalized spacial score (nSPS) is 10.4. The number of nitrogens with one attached hydrogen (secondary N) is 1. The molecule has 2 rings (SSSR count). The molecule has 0 amide bonds. The minimum atomic E-state index is -0.452. The molecular formula is C14H16N4O3. The van der Waals surface area contributed by atoms with E-state index < -0.39 is 4.92 Å². The fourth-order valence-electron chi connectivity index (χ4n) is 2.21. The van der Waals surface area contributed by atoms with Crippen LogP contribution in [-0.2, 0) is 6.54 Å². The number of nitro groups is 1. The Kier molecular flexibility index (Phi) is 4.02. The van der Waals surface area contributed by atoms with Crippen LogP contribution in [0.4, 0.5) is 11.4 Å². The molecule has 0 radical (unpaired) electrons. The van der Waals surface area contributed by atoms with E-state index in [4.69, 9.17) is 0 Å². The van der Waals surface area contributed by atoms with Gasteiger partial charge < -0.3 is 5.32 Å². The fourth-order valence-corrected chi connectivity index (χ4v) is 2.21. The first-order chi connectivity index (χ1) is 9.92. The van der Waals surface area contributed by atoms with Crippen LogP contribution in [0.3, 0.4) is 0 Å². The van der Waals surface area contributed by atoms with Crippen LogP contribution in [0.15, 0.2) is 29.1 Å². The van der Waals surface area contributed by atoms with Crippen molar-refractivity contribution in [2.24, 2.45) is 0 Å². The van der Waals surface area contributed by atoms with Crippen molar-refractivity contribution in [1.29, 1.82) is 0 Å². The van der Waals surface area contributed by atoms with Crippen molar-refractivity contribution in [3.8, 4) is 0 Å². The van der Waals surface area contributed by atoms with Crippen LogP contribution in [0.25, 0.3) is 0 Å². The molecule has 0 saturated carbocycles. The Balaban J connectivity index is 2.50. The third-order valence-corrected chi connectivity index (χ3v) is 3.24. The van der Waals surface area contributed by atoms with E-state index in [0.717, 1.165) is 11.4 Å². The van der Waals surface area contributed by atoms with Crippen LogP contribution in [0.2, 0.25) is 0 Å². The van der Waals surface area contributed by atoms with E-state index in [1.807, 2.05) is 6.92 Å². The van der Waals surface area contributed by atoms with Gasteiger partial charge in [-0.15, -0.1) is 0 Å². The maximum absolute atomic E-state index is 12.0. The van der Waals surface area contributed by atoms with Gasteiger partial charge >= 0.3 is 5.69 Å². The number of rotatable bonds is 4. The Morgan fingerprint density at radius 3 is 2.62 bits per heavy atom. The highest BCUT2D eigenvalue weighted by Crippen LogP contribution is 2.22. The minimum absolute atomic E-state index is 0.00484. The summed E-state index contributed by atoms with van der Waals surface area (Å²) in [5.74, 6) is 0. The molecule has 0 unspecified atom stereocenters. The smallest absolute Gasteiger partial charge is 0.348 e. The molecule has 0 bridgehead atoms. The van der Waals surface area contributed by atoms with E-state index in [1.54, 1.807) is 26.1 Å². The van der Waals surface area contributed by atoms with Gasteiger partial charge in [0.25, 0.3) is 5.69 Å². The first-order valence-corrected chi connectivity index (χ1v) is 6.42. The predicted molar refractivity (Wildman–Crippen MR) is 79.7 cm³/mol. The summed E-state index contributed by atoms with van der Waals surface area (Å²) in [6.45, 7) is 3.80. The first kappa shape index (κ1) is 14.7. The Morgan fingerprint density at radius 2 is 2.05 bits per heavy atom. The van der Waals surface area contributed by atoms with Gasteiger partial charge in [-0.05, 0) is 26.0 Å². The Labute approximate surface area is 121 Å². The van der Waals surface area contributed by atoms with Gasteiger partial charge in [0, 0.05) is 41.8 Å². The second kappa shape index (κ2) is 5.74. The van der Waals surface area contributed by atoms with Crippen molar-refractivity contribution < 1.29 is 4.92 Å². The highest BCUT2D eigenvalue weighted by molar-refractivity contribution is 5.55.